The van der Waals surface area contributed by atoms with Crippen molar-refractivity contribution in [2.24, 2.45) is 0 Å². The topological polar surface area (TPSA) is 55.3 Å². The van der Waals surface area contributed by atoms with Crippen molar-refractivity contribution in [3.63, 3.8) is 0 Å². The summed E-state index contributed by atoms with van der Waals surface area (Å²) in [5.74, 6) is 1.00. The number of piperidine rings is 1. The van der Waals surface area contributed by atoms with Crippen LogP contribution >= 0.6 is 11.3 Å². The molecule has 2 aromatic heterocycles. The molecule has 3 heterocycles. The van der Waals surface area contributed by atoms with Crippen molar-refractivity contribution in [1.29, 1.82) is 0 Å². The van der Waals surface area contributed by atoms with Gasteiger partial charge in [-0.15, -0.1) is 11.3 Å². The lowest BCUT2D eigenvalue weighted by atomic mass is 9.98. The minimum atomic E-state index is -0.501. The van der Waals surface area contributed by atoms with Crippen LogP contribution in [0.1, 0.15) is 30.7 Å². The van der Waals surface area contributed by atoms with Crippen molar-refractivity contribution in [1.82, 2.24) is 14.9 Å². The van der Waals surface area contributed by atoms with Crippen molar-refractivity contribution in [3.05, 3.63) is 41.1 Å². The van der Waals surface area contributed by atoms with Crippen LogP contribution in [0.5, 0.6) is 5.75 Å². The van der Waals surface area contributed by atoms with E-state index < -0.39 is 6.10 Å². The fourth-order valence-corrected chi connectivity index (χ4v) is 3.51. The Morgan fingerprint density at radius 3 is 3.14 bits per heavy atom. The number of amides is 1. The molecule has 1 amide bonds. The third-order valence-electron chi connectivity index (χ3n) is 3.83. The van der Waals surface area contributed by atoms with E-state index in [0.29, 0.717) is 11.7 Å². The first-order chi connectivity index (χ1) is 10.7. The molecule has 22 heavy (non-hydrogen) atoms. The predicted molar refractivity (Wildman–Crippen MR) is 85.0 cm³/mol. The summed E-state index contributed by atoms with van der Waals surface area (Å²) in [6.07, 6.45) is 6.74. The number of ether oxygens (including phenoxy) is 1. The van der Waals surface area contributed by atoms with Gasteiger partial charge in [0.2, 0.25) is 0 Å². The summed E-state index contributed by atoms with van der Waals surface area (Å²) in [6, 6.07) is 3.61. The number of nitrogens with zero attached hydrogens (tertiary/aromatic N) is 3. The van der Waals surface area contributed by atoms with Crippen LogP contribution in [0.4, 0.5) is 0 Å². The zero-order valence-electron chi connectivity index (χ0n) is 12.5. The second kappa shape index (κ2) is 6.87. The van der Waals surface area contributed by atoms with E-state index in [9.17, 15) is 4.79 Å². The van der Waals surface area contributed by atoms with E-state index in [1.165, 1.54) is 0 Å². The van der Waals surface area contributed by atoms with Crippen LogP contribution in [0, 0.1) is 0 Å². The molecular weight excluding hydrogens is 298 g/mol. The molecule has 6 heteroatoms. The molecule has 1 aliphatic heterocycles. The zero-order valence-corrected chi connectivity index (χ0v) is 13.3. The monoisotopic (exact) mass is 317 g/mol. The van der Waals surface area contributed by atoms with Crippen molar-refractivity contribution in [2.75, 3.05) is 13.1 Å². The Labute approximate surface area is 134 Å². The molecule has 0 spiro atoms. The number of hydrogen-bond donors (Lipinski definition) is 0. The van der Waals surface area contributed by atoms with Gasteiger partial charge in [-0.25, -0.2) is 4.98 Å². The van der Waals surface area contributed by atoms with Gasteiger partial charge in [-0.3, -0.25) is 9.78 Å². The molecule has 3 rings (SSSR count). The first-order valence-corrected chi connectivity index (χ1v) is 8.37. The summed E-state index contributed by atoms with van der Waals surface area (Å²) in [5, 5.41) is 3.11. The van der Waals surface area contributed by atoms with E-state index in [1.807, 2.05) is 22.5 Å². The van der Waals surface area contributed by atoms with Gasteiger partial charge in [-0.2, -0.15) is 0 Å². The van der Waals surface area contributed by atoms with E-state index >= 15 is 0 Å². The van der Waals surface area contributed by atoms with Crippen LogP contribution < -0.4 is 4.74 Å². The van der Waals surface area contributed by atoms with E-state index in [0.717, 1.165) is 30.9 Å². The minimum absolute atomic E-state index is 0.0325. The van der Waals surface area contributed by atoms with Gasteiger partial charge in [0.15, 0.2) is 6.10 Å². The first-order valence-electron chi connectivity index (χ1n) is 7.49. The van der Waals surface area contributed by atoms with E-state index in [1.54, 1.807) is 36.7 Å². The maximum atomic E-state index is 12.6. The van der Waals surface area contributed by atoms with Crippen molar-refractivity contribution < 1.29 is 9.53 Å². The Morgan fingerprint density at radius 2 is 2.41 bits per heavy atom. The van der Waals surface area contributed by atoms with E-state index in [4.69, 9.17) is 4.74 Å². The van der Waals surface area contributed by atoms with Crippen molar-refractivity contribution in [2.45, 2.75) is 31.8 Å². The number of likely N-dealkylation sites (tertiary alicyclic amines) is 1. The molecule has 0 bridgehead atoms. The zero-order chi connectivity index (χ0) is 15.4. The summed E-state index contributed by atoms with van der Waals surface area (Å²) in [5.41, 5.74) is 0. The second-order valence-electron chi connectivity index (χ2n) is 5.44. The average molecular weight is 317 g/mol. The lowest BCUT2D eigenvalue weighted by molar-refractivity contribution is -0.139. The third-order valence-corrected chi connectivity index (χ3v) is 4.77. The number of hydrogen-bond acceptors (Lipinski definition) is 5. The molecule has 5 nitrogen and oxygen atoms in total. The number of pyridine rings is 1. The number of aromatic nitrogens is 2. The normalized spacial score (nSPS) is 19.7. The maximum absolute atomic E-state index is 12.6. The number of thiazole rings is 1. The molecule has 1 saturated heterocycles. The molecule has 0 unspecified atom stereocenters. The summed E-state index contributed by atoms with van der Waals surface area (Å²) in [4.78, 5) is 22.9. The van der Waals surface area contributed by atoms with E-state index in [2.05, 4.69) is 9.97 Å². The quantitative estimate of drug-likeness (QED) is 0.870. The summed E-state index contributed by atoms with van der Waals surface area (Å²) >= 11 is 1.67. The lowest BCUT2D eigenvalue weighted by Crippen LogP contribution is -2.45. The molecule has 116 valence electrons. The Kier molecular flexibility index (Phi) is 4.68. The van der Waals surface area contributed by atoms with Gasteiger partial charge in [-0.05, 0) is 31.9 Å². The summed E-state index contributed by atoms with van der Waals surface area (Å²) < 4.78 is 5.69. The maximum Gasteiger partial charge on any atom is 0.263 e. The minimum Gasteiger partial charge on any atom is -0.479 e. The molecule has 2 aromatic rings. The van der Waals surface area contributed by atoms with Gasteiger partial charge in [0.25, 0.3) is 5.91 Å². The second-order valence-corrected chi connectivity index (χ2v) is 6.37. The fourth-order valence-electron chi connectivity index (χ4n) is 2.74. The van der Waals surface area contributed by atoms with Crippen LogP contribution in [-0.2, 0) is 4.79 Å². The van der Waals surface area contributed by atoms with E-state index in [-0.39, 0.29) is 5.91 Å². The van der Waals surface area contributed by atoms with Crippen molar-refractivity contribution in [3.8, 4) is 5.75 Å². The molecule has 0 N–H and O–H groups in total. The predicted octanol–water partition coefficient (Wildman–Crippen LogP) is 2.71. The molecule has 2 atom stereocenters. The van der Waals surface area contributed by atoms with Crippen molar-refractivity contribution >= 4 is 17.2 Å². The Hall–Kier alpha value is -1.95. The van der Waals surface area contributed by atoms with Crippen LogP contribution in [0.25, 0.3) is 0 Å². The first kappa shape index (κ1) is 15.0. The van der Waals surface area contributed by atoms with Gasteiger partial charge >= 0.3 is 0 Å². The number of rotatable bonds is 4. The molecular formula is C16H19N3O2S. The van der Waals surface area contributed by atoms with Gasteiger partial charge in [0.05, 0.1) is 11.2 Å². The van der Waals surface area contributed by atoms with Crippen LogP contribution in [0.15, 0.2) is 36.1 Å². The number of carbonyl (C=O) groups is 1. The molecule has 1 aliphatic rings. The average Bonchev–Trinajstić information content (AvgIpc) is 3.10. The van der Waals surface area contributed by atoms with Gasteiger partial charge in [0.1, 0.15) is 5.75 Å². The Morgan fingerprint density at radius 1 is 1.50 bits per heavy atom. The fraction of sp³-hybridized carbons (Fsp3) is 0.438. The van der Waals surface area contributed by atoms with Gasteiger partial charge in [-0.1, -0.05) is 0 Å². The molecule has 0 aromatic carbocycles. The highest BCUT2D eigenvalue weighted by Gasteiger charge is 2.29. The Bertz CT molecular complexity index is 603. The smallest absolute Gasteiger partial charge is 0.263 e. The third kappa shape index (κ3) is 3.44. The van der Waals surface area contributed by atoms with Crippen LogP contribution in [0.2, 0.25) is 0 Å². The highest BCUT2D eigenvalue weighted by Crippen LogP contribution is 2.28. The SMILES string of the molecule is C[C@H](Oc1cccnc1)C(=O)N1CCC[C@H](c2nccs2)C1. The number of carbonyl (C=O) groups excluding carboxylic acids is 1. The molecule has 0 aliphatic carbocycles. The highest BCUT2D eigenvalue weighted by atomic mass is 32.1. The Balaban J connectivity index is 1.61. The largest absolute Gasteiger partial charge is 0.479 e. The van der Waals surface area contributed by atoms with Crippen LogP contribution in [0.3, 0.4) is 0 Å². The lowest BCUT2D eigenvalue weighted by Gasteiger charge is -2.33. The molecule has 0 radical (unpaired) electrons. The van der Waals surface area contributed by atoms with Gasteiger partial charge < -0.3 is 9.64 Å². The summed E-state index contributed by atoms with van der Waals surface area (Å²) in [7, 11) is 0. The van der Waals surface area contributed by atoms with Crippen LogP contribution in [-0.4, -0.2) is 40.0 Å². The summed E-state index contributed by atoms with van der Waals surface area (Å²) in [6.45, 7) is 3.32. The standard InChI is InChI=1S/C16H19N3O2S/c1-12(21-14-5-2-6-17-10-14)16(20)19-8-3-4-13(11-19)15-18-7-9-22-15/h2,5-7,9-10,12-13H,3-4,8,11H2,1H3/t12-,13-/m0/s1. The van der Waals surface area contributed by atoms with Gasteiger partial charge in [0, 0.05) is 36.8 Å². The molecule has 0 saturated carbocycles. The molecule has 1 fully saturated rings. The highest BCUT2D eigenvalue weighted by molar-refractivity contribution is 7.09.